The second kappa shape index (κ2) is 26.0. The summed E-state index contributed by atoms with van der Waals surface area (Å²) in [6.07, 6.45) is -0.214. The molecule has 2 aromatic rings. The van der Waals surface area contributed by atoms with Crippen molar-refractivity contribution in [2.75, 3.05) is 79.6 Å². The van der Waals surface area contributed by atoms with Crippen LogP contribution in [0.3, 0.4) is 0 Å². The highest BCUT2D eigenvalue weighted by Gasteiger charge is 2.41. The number of nitrogens with one attached hydrogen (secondary N) is 1. The predicted molar refractivity (Wildman–Crippen MR) is 211 cm³/mol. The minimum Gasteiger partial charge on any atom is -0.491 e. The molecule has 0 unspecified atom stereocenters. The topological polar surface area (TPSA) is 229 Å². The van der Waals surface area contributed by atoms with E-state index in [1.165, 1.54) is 25.3 Å². The molecule has 1 aromatic heterocycles. The molecule has 1 saturated carbocycles. The van der Waals surface area contributed by atoms with Crippen LogP contribution in [0.25, 0.3) is 0 Å². The predicted octanol–water partition coefficient (Wildman–Crippen LogP) is 4.14. The smallest absolute Gasteiger partial charge is 0.490 e. The van der Waals surface area contributed by atoms with Crippen molar-refractivity contribution in [1.29, 1.82) is 0 Å². The summed E-state index contributed by atoms with van der Waals surface area (Å²) in [5.74, 6) is -3.20. The van der Waals surface area contributed by atoms with Gasteiger partial charge in [-0.1, -0.05) is 31.4 Å². The zero-order valence-electron chi connectivity index (χ0n) is 33.9. The number of nitrogens with two attached hydrogens (primary N) is 1. The average Bonchev–Trinajstić information content (AvgIpc) is 3.93. The molecule has 2 fully saturated rings. The normalized spacial score (nSPS) is 16.6. The zero-order chi connectivity index (χ0) is 44.1. The number of carboxylic acid groups (broad SMARTS) is 2. The number of ketones is 1. The maximum atomic E-state index is 14.2. The third kappa shape index (κ3) is 16.6. The van der Waals surface area contributed by atoms with Crippen LogP contribution in [0.5, 0.6) is 5.75 Å². The molecule has 3 amide bonds. The number of likely N-dealkylation sites (N-methyl/N-ethyl adjacent to an activating group) is 1. The van der Waals surface area contributed by atoms with Crippen LogP contribution in [-0.2, 0) is 33.3 Å². The quantitative estimate of drug-likeness (QED) is 0.0909. The molecule has 21 heteroatoms. The number of ether oxygens (including phenoxy) is 5. The Bertz CT molecular complexity index is 1660. The molecule has 3 atom stereocenters. The van der Waals surface area contributed by atoms with E-state index in [0.29, 0.717) is 95.3 Å². The van der Waals surface area contributed by atoms with E-state index < -0.39 is 36.2 Å². The molecule has 4 rings (SSSR count). The number of halogens is 3. The monoisotopic (exact) mass is 875 g/mol. The fourth-order valence-electron chi connectivity index (χ4n) is 6.41. The summed E-state index contributed by atoms with van der Waals surface area (Å²) in [4.78, 5) is 68.6. The fraction of sp³-hybridized carbons (Fsp3) is 0.641. The summed E-state index contributed by atoms with van der Waals surface area (Å²) in [6.45, 7) is 6.48. The van der Waals surface area contributed by atoms with E-state index in [-0.39, 0.29) is 29.3 Å². The van der Waals surface area contributed by atoms with Gasteiger partial charge in [0.25, 0.3) is 0 Å². The molecule has 1 aliphatic heterocycles. The van der Waals surface area contributed by atoms with Crippen LogP contribution in [0.1, 0.15) is 79.0 Å². The number of carboxylic acids is 1. The summed E-state index contributed by atoms with van der Waals surface area (Å²) in [5, 5.41) is 21.8. The number of rotatable bonds is 23. The van der Waals surface area contributed by atoms with E-state index in [1.54, 1.807) is 34.5 Å². The minimum atomic E-state index is -5.08. The Hall–Kier alpha value is -4.41. The molecule has 60 heavy (non-hydrogen) atoms. The number of nitrogens with zero attached hydrogens (tertiary/aromatic N) is 3. The Balaban J connectivity index is 0.00000126. The number of likely N-dealkylation sites (tertiary alicyclic amines) is 1. The molecule has 1 aliphatic carbocycles. The molecule has 17 nitrogen and oxygen atoms in total. The first-order valence-corrected chi connectivity index (χ1v) is 20.6. The second-order valence-corrected chi connectivity index (χ2v) is 14.9. The number of hydrogen-bond donors (Lipinski definition) is 4. The fourth-order valence-corrected chi connectivity index (χ4v) is 7.36. The molecule has 1 saturated heterocycles. The van der Waals surface area contributed by atoms with Gasteiger partial charge in [0.2, 0.25) is 17.6 Å². The number of benzene rings is 1. The van der Waals surface area contributed by atoms with Crippen molar-refractivity contribution in [3.8, 4) is 5.75 Å². The molecule has 2 heterocycles. The lowest BCUT2D eigenvalue weighted by molar-refractivity contribution is -0.192. The molecule has 336 valence electrons. The molecule has 1 aromatic carbocycles. The number of aliphatic carboxylic acids is 1. The van der Waals surface area contributed by atoms with E-state index in [9.17, 15) is 37.5 Å². The Kier molecular flexibility index (Phi) is 21.7. The van der Waals surface area contributed by atoms with Gasteiger partial charge in [0.05, 0.1) is 58.9 Å². The summed E-state index contributed by atoms with van der Waals surface area (Å²) in [5.41, 5.74) is 6.08. The van der Waals surface area contributed by atoms with Gasteiger partial charge in [0, 0.05) is 31.1 Å². The number of thiazole rings is 1. The Morgan fingerprint density at radius 3 is 2.07 bits per heavy atom. The van der Waals surface area contributed by atoms with Crippen LogP contribution in [0.4, 0.5) is 18.0 Å². The number of alkyl halides is 3. The third-order valence-electron chi connectivity index (χ3n) is 9.74. The summed E-state index contributed by atoms with van der Waals surface area (Å²) in [7, 11) is 1.34. The number of carbonyl (C=O) groups excluding carboxylic acids is 3. The van der Waals surface area contributed by atoms with Crippen LogP contribution in [-0.4, -0.2) is 153 Å². The van der Waals surface area contributed by atoms with Gasteiger partial charge < -0.3 is 49.8 Å². The molecular formula is C39H56F3N5O12S. The number of carbonyl (C=O) groups is 5. The van der Waals surface area contributed by atoms with Gasteiger partial charge >= 0.3 is 18.2 Å². The van der Waals surface area contributed by atoms with E-state index >= 15 is 0 Å². The van der Waals surface area contributed by atoms with Gasteiger partial charge in [-0.25, -0.2) is 14.6 Å². The first-order chi connectivity index (χ1) is 28.6. The summed E-state index contributed by atoms with van der Waals surface area (Å²) in [6, 6.07) is 4.88. The van der Waals surface area contributed by atoms with Crippen LogP contribution in [0.2, 0.25) is 0 Å². The van der Waals surface area contributed by atoms with Crippen LogP contribution < -0.4 is 15.8 Å². The van der Waals surface area contributed by atoms with Crippen molar-refractivity contribution in [3.63, 3.8) is 0 Å². The molecule has 0 radical (unpaired) electrons. The first-order valence-electron chi connectivity index (χ1n) is 19.8. The van der Waals surface area contributed by atoms with Gasteiger partial charge in [-0.3, -0.25) is 19.3 Å². The van der Waals surface area contributed by atoms with E-state index in [0.717, 1.165) is 43.4 Å². The van der Waals surface area contributed by atoms with Crippen LogP contribution >= 0.6 is 11.3 Å². The zero-order valence-corrected chi connectivity index (χ0v) is 34.7. The van der Waals surface area contributed by atoms with Gasteiger partial charge in [0.1, 0.15) is 35.1 Å². The maximum absolute atomic E-state index is 14.2. The standard InChI is InChI=1S/C37H55N5O10S.C2HF3O2/c1-26(41(2)37(46)47)34(44)40-32(27-8-4-3-5-9-27)36(45)42-14-7-12-31(42)35-39-30(25-53-35)33(43)28-10-6-11-29(24-28)52-23-22-51-21-20-50-19-18-49-17-16-48-15-13-38;3-2(4,5)1(6)7/h6,10-11,24-27,31-32H,3-5,7-9,12-23,38H2,1-2H3,(H,40,44)(H,46,47);(H,6,7)/t26-,31-,32-;/m0./s1. The SMILES string of the molecule is C[C@@H](C(=O)N[C@H](C(=O)N1CCC[C@H]1c1nc(C(=O)c2cccc(OCCOCCOCCOCCOCCN)c2)cs1)C1CCCCC1)N(C)C(=O)O.O=C(O)C(F)(F)F. The highest BCUT2D eigenvalue weighted by Crippen LogP contribution is 2.37. The van der Waals surface area contributed by atoms with Crippen molar-refractivity contribution < 1.29 is 71.0 Å². The molecule has 0 spiro atoms. The van der Waals surface area contributed by atoms with E-state index in [2.05, 4.69) is 5.32 Å². The van der Waals surface area contributed by atoms with Crippen LogP contribution in [0.15, 0.2) is 29.6 Å². The third-order valence-corrected chi connectivity index (χ3v) is 10.7. The van der Waals surface area contributed by atoms with Gasteiger partial charge in [-0.05, 0) is 50.7 Å². The lowest BCUT2D eigenvalue weighted by atomic mass is 9.83. The Morgan fingerprint density at radius 2 is 1.50 bits per heavy atom. The number of amides is 3. The van der Waals surface area contributed by atoms with Crippen molar-refractivity contribution in [3.05, 3.63) is 45.9 Å². The van der Waals surface area contributed by atoms with Crippen molar-refractivity contribution in [1.82, 2.24) is 20.1 Å². The van der Waals surface area contributed by atoms with E-state index in [1.807, 2.05) is 0 Å². The van der Waals surface area contributed by atoms with Gasteiger partial charge in [-0.2, -0.15) is 13.2 Å². The second-order valence-electron chi connectivity index (χ2n) is 14.0. The first kappa shape index (κ1) is 49.9. The van der Waals surface area contributed by atoms with Crippen molar-refractivity contribution in [2.24, 2.45) is 11.7 Å². The molecule has 2 aliphatic rings. The maximum Gasteiger partial charge on any atom is 0.490 e. The van der Waals surface area contributed by atoms with Crippen molar-refractivity contribution in [2.45, 2.75) is 76.2 Å². The number of aromatic nitrogens is 1. The highest BCUT2D eigenvalue weighted by atomic mass is 32.1. The lowest BCUT2D eigenvalue weighted by Crippen LogP contribution is -2.56. The van der Waals surface area contributed by atoms with Gasteiger partial charge in [0.15, 0.2) is 0 Å². The number of hydrogen-bond acceptors (Lipinski definition) is 13. The Morgan fingerprint density at radius 1 is 0.917 bits per heavy atom. The van der Waals surface area contributed by atoms with Crippen molar-refractivity contribution >= 4 is 41.0 Å². The summed E-state index contributed by atoms with van der Waals surface area (Å²) >= 11 is 1.34. The largest absolute Gasteiger partial charge is 0.491 e. The molecule has 5 N–H and O–H groups in total. The highest BCUT2D eigenvalue weighted by molar-refractivity contribution is 7.10. The van der Waals surface area contributed by atoms with Gasteiger partial charge in [-0.15, -0.1) is 11.3 Å². The summed E-state index contributed by atoms with van der Waals surface area (Å²) < 4.78 is 59.3. The minimum absolute atomic E-state index is 0.0406. The molecular weight excluding hydrogens is 820 g/mol. The lowest BCUT2D eigenvalue weighted by Gasteiger charge is -2.35. The van der Waals surface area contributed by atoms with E-state index in [4.69, 9.17) is 44.3 Å². The Labute approximate surface area is 350 Å². The molecule has 0 bridgehead atoms. The van der Waals surface area contributed by atoms with Crippen LogP contribution in [0, 0.1) is 5.92 Å². The average molecular weight is 876 g/mol.